The van der Waals surface area contributed by atoms with E-state index in [0.29, 0.717) is 0 Å². The fourth-order valence-corrected chi connectivity index (χ4v) is 2.77. The Morgan fingerprint density at radius 3 is 2.75 bits per heavy atom. The molecule has 0 fully saturated rings. The lowest BCUT2D eigenvalue weighted by atomic mass is 9.93. The zero-order chi connectivity index (χ0) is 13.5. The van der Waals surface area contributed by atoms with Crippen molar-refractivity contribution in [2.24, 2.45) is 5.73 Å². The lowest BCUT2D eigenvalue weighted by Gasteiger charge is -2.30. The first-order valence-corrected chi connectivity index (χ1v) is 6.72. The summed E-state index contributed by atoms with van der Waals surface area (Å²) in [5.41, 5.74) is 8.39. The van der Waals surface area contributed by atoms with Gasteiger partial charge in [-0.25, -0.2) is 0 Å². The summed E-state index contributed by atoms with van der Waals surface area (Å²) in [5, 5.41) is 0. The summed E-state index contributed by atoms with van der Waals surface area (Å²) >= 11 is 0. The van der Waals surface area contributed by atoms with Crippen molar-refractivity contribution in [2.45, 2.75) is 18.6 Å². The average molecular weight is 269 g/mol. The van der Waals surface area contributed by atoms with E-state index in [4.69, 9.17) is 19.9 Å². The van der Waals surface area contributed by atoms with Crippen molar-refractivity contribution < 1.29 is 14.2 Å². The molecule has 4 heteroatoms. The monoisotopic (exact) mass is 269 g/mol. The van der Waals surface area contributed by atoms with Crippen LogP contribution in [0, 0.1) is 0 Å². The van der Waals surface area contributed by atoms with Gasteiger partial charge in [0.2, 0.25) is 6.79 Å². The number of hydrogen-bond acceptors (Lipinski definition) is 4. The highest BCUT2D eigenvalue weighted by Gasteiger charge is 2.28. The van der Waals surface area contributed by atoms with E-state index in [2.05, 4.69) is 0 Å². The SMILES string of the molecule is N[C@H]1CC(c2ccc3c(c2)OCO3)Oc2ccccc21. The van der Waals surface area contributed by atoms with E-state index < -0.39 is 0 Å². The summed E-state index contributed by atoms with van der Waals surface area (Å²) in [6, 6.07) is 13.9. The molecule has 0 aliphatic carbocycles. The first-order valence-electron chi connectivity index (χ1n) is 6.72. The zero-order valence-corrected chi connectivity index (χ0v) is 10.9. The van der Waals surface area contributed by atoms with Gasteiger partial charge >= 0.3 is 0 Å². The maximum atomic E-state index is 6.25. The Balaban J connectivity index is 1.68. The molecule has 2 aromatic rings. The van der Waals surface area contributed by atoms with Crippen molar-refractivity contribution in [3.8, 4) is 17.2 Å². The number of ether oxygens (including phenoxy) is 3. The van der Waals surface area contributed by atoms with Gasteiger partial charge in [0.1, 0.15) is 11.9 Å². The number of rotatable bonds is 1. The number of fused-ring (bicyclic) bond motifs is 2. The van der Waals surface area contributed by atoms with Crippen LogP contribution in [0.4, 0.5) is 0 Å². The van der Waals surface area contributed by atoms with Crippen molar-refractivity contribution in [3.05, 3.63) is 53.6 Å². The third kappa shape index (κ3) is 1.80. The molecule has 0 aromatic heterocycles. The van der Waals surface area contributed by atoms with Gasteiger partial charge in [0.25, 0.3) is 0 Å². The maximum absolute atomic E-state index is 6.25. The molecule has 2 aliphatic rings. The molecule has 2 atom stereocenters. The van der Waals surface area contributed by atoms with Crippen molar-refractivity contribution in [2.75, 3.05) is 6.79 Å². The molecule has 2 heterocycles. The number of hydrogen-bond donors (Lipinski definition) is 1. The van der Waals surface area contributed by atoms with E-state index in [0.717, 1.165) is 34.8 Å². The van der Waals surface area contributed by atoms with Crippen molar-refractivity contribution in [1.29, 1.82) is 0 Å². The molecule has 2 aromatic carbocycles. The normalized spacial score (nSPS) is 23.1. The number of nitrogens with two attached hydrogens (primary N) is 1. The van der Waals surface area contributed by atoms with Gasteiger partial charge in [-0.15, -0.1) is 0 Å². The van der Waals surface area contributed by atoms with Crippen LogP contribution in [0.1, 0.15) is 29.7 Å². The highest BCUT2D eigenvalue weighted by Crippen LogP contribution is 2.42. The van der Waals surface area contributed by atoms with Gasteiger partial charge in [-0.1, -0.05) is 24.3 Å². The third-order valence-electron chi connectivity index (χ3n) is 3.82. The average Bonchev–Trinajstić information content (AvgIpc) is 2.94. The van der Waals surface area contributed by atoms with E-state index in [-0.39, 0.29) is 18.9 Å². The molecule has 0 saturated carbocycles. The van der Waals surface area contributed by atoms with Gasteiger partial charge in [-0.2, -0.15) is 0 Å². The summed E-state index contributed by atoms with van der Waals surface area (Å²) in [5.74, 6) is 2.43. The second kappa shape index (κ2) is 4.42. The predicted molar refractivity (Wildman–Crippen MR) is 73.9 cm³/mol. The van der Waals surface area contributed by atoms with E-state index >= 15 is 0 Å². The summed E-state index contributed by atoms with van der Waals surface area (Å²) < 4.78 is 16.8. The molecule has 0 amide bonds. The summed E-state index contributed by atoms with van der Waals surface area (Å²) in [6.07, 6.45) is 0.714. The van der Waals surface area contributed by atoms with E-state index in [1.165, 1.54) is 0 Å². The van der Waals surface area contributed by atoms with Crippen LogP contribution >= 0.6 is 0 Å². The van der Waals surface area contributed by atoms with Crippen molar-refractivity contribution in [1.82, 2.24) is 0 Å². The Morgan fingerprint density at radius 1 is 0.950 bits per heavy atom. The molecule has 1 unspecified atom stereocenters. The Bertz CT molecular complexity index is 656. The summed E-state index contributed by atoms with van der Waals surface area (Å²) in [6.45, 7) is 0.284. The van der Waals surface area contributed by atoms with E-state index in [1.54, 1.807) is 0 Å². The highest BCUT2D eigenvalue weighted by atomic mass is 16.7. The fraction of sp³-hybridized carbons (Fsp3) is 0.250. The summed E-state index contributed by atoms with van der Waals surface area (Å²) in [7, 11) is 0. The molecular formula is C16H15NO3. The minimum Gasteiger partial charge on any atom is -0.485 e. The van der Waals surface area contributed by atoms with Crippen LogP contribution in [0.25, 0.3) is 0 Å². The molecular weight excluding hydrogens is 254 g/mol. The Hall–Kier alpha value is -2.20. The third-order valence-corrected chi connectivity index (χ3v) is 3.82. The molecule has 4 nitrogen and oxygen atoms in total. The maximum Gasteiger partial charge on any atom is 0.231 e. The van der Waals surface area contributed by atoms with Crippen molar-refractivity contribution in [3.63, 3.8) is 0 Å². The van der Waals surface area contributed by atoms with Crippen LogP contribution in [0.5, 0.6) is 17.2 Å². The Kier molecular flexibility index (Phi) is 2.57. The first-order chi connectivity index (χ1) is 9.81. The molecule has 4 rings (SSSR count). The largest absolute Gasteiger partial charge is 0.485 e. The molecule has 0 bridgehead atoms. The van der Waals surface area contributed by atoms with Gasteiger partial charge in [0.05, 0.1) is 0 Å². The Labute approximate surface area is 117 Å². The van der Waals surface area contributed by atoms with E-state index in [9.17, 15) is 0 Å². The molecule has 102 valence electrons. The quantitative estimate of drug-likeness (QED) is 0.864. The smallest absolute Gasteiger partial charge is 0.231 e. The first kappa shape index (κ1) is 11.6. The van der Waals surface area contributed by atoms with Gasteiger partial charge in [-0.3, -0.25) is 0 Å². The minimum atomic E-state index is -0.0469. The lowest BCUT2D eigenvalue weighted by Crippen LogP contribution is -2.24. The summed E-state index contributed by atoms with van der Waals surface area (Å²) in [4.78, 5) is 0. The van der Waals surface area contributed by atoms with E-state index in [1.807, 2.05) is 42.5 Å². The molecule has 0 spiro atoms. The molecule has 20 heavy (non-hydrogen) atoms. The topological polar surface area (TPSA) is 53.7 Å². The molecule has 2 aliphatic heterocycles. The molecule has 0 radical (unpaired) electrons. The number of benzene rings is 2. The van der Waals surface area contributed by atoms with Crippen LogP contribution < -0.4 is 19.9 Å². The van der Waals surface area contributed by atoms with Gasteiger partial charge in [0, 0.05) is 18.0 Å². The fourth-order valence-electron chi connectivity index (χ4n) is 2.77. The van der Waals surface area contributed by atoms with Gasteiger partial charge in [0.15, 0.2) is 11.5 Å². The standard InChI is InChI=1S/C16H15NO3/c17-12-8-15(20-13-4-2-1-3-11(12)13)10-5-6-14-16(7-10)19-9-18-14/h1-7,12,15H,8-9,17H2/t12-,15?/m0/s1. The van der Waals surface area contributed by atoms with Crippen LogP contribution in [0.15, 0.2) is 42.5 Å². The molecule has 2 N–H and O–H groups in total. The molecule has 0 saturated heterocycles. The second-order valence-corrected chi connectivity index (χ2v) is 5.10. The van der Waals surface area contributed by atoms with Crippen LogP contribution in [0.3, 0.4) is 0 Å². The van der Waals surface area contributed by atoms with Crippen LogP contribution in [0.2, 0.25) is 0 Å². The second-order valence-electron chi connectivity index (χ2n) is 5.10. The lowest BCUT2D eigenvalue weighted by molar-refractivity contribution is 0.160. The minimum absolute atomic E-state index is 0.00428. The van der Waals surface area contributed by atoms with Crippen molar-refractivity contribution >= 4 is 0 Å². The number of para-hydroxylation sites is 1. The van der Waals surface area contributed by atoms with Gasteiger partial charge < -0.3 is 19.9 Å². The van der Waals surface area contributed by atoms with Crippen LogP contribution in [-0.2, 0) is 0 Å². The van der Waals surface area contributed by atoms with Crippen LogP contribution in [-0.4, -0.2) is 6.79 Å². The highest BCUT2D eigenvalue weighted by molar-refractivity contribution is 5.46. The predicted octanol–water partition coefficient (Wildman–Crippen LogP) is 2.94. The zero-order valence-electron chi connectivity index (χ0n) is 10.9. The Morgan fingerprint density at radius 2 is 1.80 bits per heavy atom. The van der Waals surface area contributed by atoms with Gasteiger partial charge in [-0.05, 0) is 23.8 Å².